The standard InChI is InChI=1S/C25H31N9/c1-17-10-18-11-27-23(30-20-12-28-34(13-20)16-25(6-7-25)32(2)3)31-21(18)22(29-17)33-9-8-24(14-26,15-33)19-4-5-19/h10-13,19H,4-9,15-16H2,1-3H3,(H,27,30,31). The third kappa shape index (κ3) is 3.66. The SMILES string of the molecule is Cc1cc2cnc(Nc3cnn(CC4(N(C)C)CC4)c3)nc2c(N2CCC(C#N)(C3CC3)C2)n1. The summed E-state index contributed by atoms with van der Waals surface area (Å²) < 4.78 is 2.00. The number of aromatic nitrogens is 5. The summed E-state index contributed by atoms with van der Waals surface area (Å²) >= 11 is 0. The zero-order valence-corrected chi connectivity index (χ0v) is 20.1. The number of fused-ring (bicyclic) bond motifs is 1. The molecule has 2 aliphatic carbocycles. The van der Waals surface area contributed by atoms with Crippen LogP contribution in [0.15, 0.2) is 24.7 Å². The van der Waals surface area contributed by atoms with Crippen LogP contribution >= 0.6 is 0 Å². The Hall–Kier alpha value is -3.25. The average molecular weight is 458 g/mol. The fraction of sp³-hybridized carbons (Fsp3) is 0.560. The van der Waals surface area contributed by atoms with Crippen molar-refractivity contribution in [3.05, 3.63) is 30.4 Å². The van der Waals surface area contributed by atoms with E-state index in [4.69, 9.17) is 9.97 Å². The highest BCUT2D eigenvalue weighted by atomic mass is 15.3. The van der Waals surface area contributed by atoms with E-state index in [2.05, 4.69) is 45.4 Å². The topological polar surface area (TPSA) is 98.8 Å². The lowest BCUT2D eigenvalue weighted by molar-refractivity contribution is 0.234. The number of nitrogens with zero attached hydrogens (tertiary/aromatic N) is 8. The predicted molar refractivity (Wildman–Crippen MR) is 131 cm³/mol. The summed E-state index contributed by atoms with van der Waals surface area (Å²) in [7, 11) is 4.27. The van der Waals surface area contributed by atoms with Crippen LogP contribution < -0.4 is 10.2 Å². The molecular weight excluding hydrogens is 426 g/mol. The number of nitrogens with one attached hydrogen (secondary N) is 1. The summed E-state index contributed by atoms with van der Waals surface area (Å²) in [6.07, 6.45) is 11.3. The molecule has 4 heterocycles. The maximum Gasteiger partial charge on any atom is 0.227 e. The van der Waals surface area contributed by atoms with Gasteiger partial charge < -0.3 is 15.1 Å². The summed E-state index contributed by atoms with van der Waals surface area (Å²) in [4.78, 5) is 18.8. The van der Waals surface area contributed by atoms with Gasteiger partial charge >= 0.3 is 0 Å². The Balaban J connectivity index is 1.26. The van der Waals surface area contributed by atoms with Gasteiger partial charge in [-0.05, 0) is 65.1 Å². The fourth-order valence-corrected chi connectivity index (χ4v) is 5.44. The van der Waals surface area contributed by atoms with Crippen molar-refractivity contribution in [3.8, 4) is 6.07 Å². The Kier molecular flexibility index (Phi) is 4.78. The second-order valence-corrected chi connectivity index (χ2v) is 10.6. The van der Waals surface area contributed by atoms with Crippen LogP contribution in [0.1, 0.15) is 37.8 Å². The van der Waals surface area contributed by atoms with E-state index in [1.54, 1.807) is 0 Å². The van der Waals surface area contributed by atoms with Crippen LogP contribution in [-0.4, -0.2) is 62.4 Å². The van der Waals surface area contributed by atoms with Crippen molar-refractivity contribution in [2.45, 2.75) is 51.1 Å². The van der Waals surface area contributed by atoms with E-state index in [1.165, 1.54) is 25.7 Å². The van der Waals surface area contributed by atoms with Crippen LogP contribution in [-0.2, 0) is 6.54 Å². The van der Waals surface area contributed by atoms with Gasteiger partial charge in [0.15, 0.2) is 5.82 Å². The maximum atomic E-state index is 9.93. The van der Waals surface area contributed by atoms with E-state index < -0.39 is 0 Å². The molecule has 34 heavy (non-hydrogen) atoms. The highest BCUT2D eigenvalue weighted by molar-refractivity contribution is 5.89. The first kappa shape index (κ1) is 21.3. The van der Waals surface area contributed by atoms with Crippen LogP contribution in [0.25, 0.3) is 10.9 Å². The van der Waals surface area contributed by atoms with Gasteiger partial charge in [-0.25, -0.2) is 15.0 Å². The van der Waals surface area contributed by atoms with Crippen molar-refractivity contribution in [1.82, 2.24) is 29.6 Å². The molecule has 3 aliphatic rings. The van der Waals surface area contributed by atoms with Crippen LogP contribution in [0.3, 0.4) is 0 Å². The van der Waals surface area contributed by atoms with Gasteiger partial charge in [-0.2, -0.15) is 10.4 Å². The molecule has 1 saturated heterocycles. The van der Waals surface area contributed by atoms with E-state index in [0.29, 0.717) is 11.9 Å². The highest BCUT2D eigenvalue weighted by Gasteiger charge is 2.50. The highest BCUT2D eigenvalue weighted by Crippen LogP contribution is 2.51. The van der Waals surface area contributed by atoms with Crippen LogP contribution in [0.4, 0.5) is 17.5 Å². The number of aryl methyl sites for hydroxylation is 1. The molecule has 176 valence electrons. The molecule has 1 atom stereocenters. The lowest BCUT2D eigenvalue weighted by Gasteiger charge is -2.23. The monoisotopic (exact) mass is 457 g/mol. The molecule has 3 aromatic heterocycles. The first-order chi connectivity index (χ1) is 16.4. The molecule has 0 aromatic carbocycles. The number of likely N-dealkylation sites (N-methyl/N-ethyl adjacent to an activating group) is 1. The van der Waals surface area contributed by atoms with E-state index in [1.807, 2.05) is 36.3 Å². The summed E-state index contributed by atoms with van der Waals surface area (Å²) in [5.74, 6) is 1.92. The minimum Gasteiger partial charge on any atom is -0.353 e. The second kappa shape index (κ2) is 7.64. The quantitative estimate of drug-likeness (QED) is 0.576. The maximum absolute atomic E-state index is 9.93. The molecule has 0 bridgehead atoms. The van der Waals surface area contributed by atoms with Crippen molar-refractivity contribution in [1.29, 1.82) is 5.26 Å². The Morgan fingerprint density at radius 3 is 2.74 bits per heavy atom. The minimum atomic E-state index is -0.244. The molecule has 9 heteroatoms. The van der Waals surface area contributed by atoms with Crippen molar-refractivity contribution < 1.29 is 0 Å². The third-order valence-corrected chi connectivity index (χ3v) is 7.98. The molecular formula is C25H31N9. The number of rotatable bonds is 7. The van der Waals surface area contributed by atoms with Gasteiger partial charge in [-0.1, -0.05) is 0 Å². The first-order valence-electron chi connectivity index (χ1n) is 12.2. The average Bonchev–Trinajstić information content (AvgIpc) is 3.73. The van der Waals surface area contributed by atoms with Crippen molar-refractivity contribution in [2.24, 2.45) is 11.3 Å². The summed E-state index contributed by atoms with van der Waals surface area (Å²) in [6, 6.07) is 4.67. The smallest absolute Gasteiger partial charge is 0.227 e. The molecule has 1 unspecified atom stereocenters. The van der Waals surface area contributed by atoms with E-state index in [-0.39, 0.29) is 11.0 Å². The lowest BCUT2D eigenvalue weighted by atomic mass is 9.83. The fourth-order valence-electron chi connectivity index (χ4n) is 5.44. The molecule has 2 saturated carbocycles. The molecule has 1 aliphatic heterocycles. The Bertz CT molecular complexity index is 1280. The Morgan fingerprint density at radius 2 is 2.03 bits per heavy atom. The van der Waals surface area contributed by atoms with Crippen LogP contribution in [0.5, 0.6) is 0 Å². The lowest BCUT2D eigenvalue weighted by Crippen LogP contribution is -2.34. The number of hydrogen-bond donors (Lipinski definition) is 1. The number of anilines is 3. The molecule has 0 radical (unpaired) electrons. The van der Waals surface area contributed by atoms with E-state index in [0.717, 1.165) is 54.2 Å². The number of hydrogen-bond acceptors (Lipinski definition) is 8. The number of nitriles is 1. The normalized spacial score (nSPS) is 23.4. The van der Waals surface area contributed by atoms with Gasteiger partial charge in [0, 0.05) is 42.1 Å². The zero-order chi connectivity index (χ0) is 23.5. The van der Waals surface area contributed by atoms with Gasteiger partial charge in [0.25, 0.3) is 0 Å². The summed E-state index contributed by atoms with van der Waals surface area (Å²) in [5.41, 5.74) is 2.62. The van der Waals surface area contributed by atoms with Gasteiger partial charge in [-0.3, -0.25) is 4.68 Å². The summed E-state index contributed by atoms with van der Waals surface area (Å²) in [6.45, 7) is 4.44. The summed E-state index contributed by atoms with van der Waals surface area (Å²) in [5, 5.41) is 18.8. The predicted octanol–water partition coefficient (Wildman–Crippen LogP) is 3.50. The van der Waals surface area contributed by atoms with Crippen LogP contribution in [0.2, 0.25) is 0 Å². The first-order valence-corrected chi connectivity index (χ1v) is 12.2. The largest absolute Gasteiger partial charge is 0.353 e. The Morgan fingerprint density at radius 1 is 1.21 bits per heavy atom. The molecule has 0 spiro atoms. The van der Waals surface area contributed by atoms with E-state index >= 15 is 0 Å². The van der Waals surface area contributed by atoms with Gasteiger partial charge in [0.05, 0.1) is 29.9 Å². The van der Waals surface area contributed by atoms with Crippen molar-refractivity contribution in [3.63, 3.8) is 0 Å². The second-order valence-electron chi connectivity index (χ2n) is 10.6. The van der Waals surface area contributed by atoms with E-state index in [9.17, 15) is 5.26 Å². The van der Waals surface area contributed by atoms with Crippen molar-refractivity contribution in [2.75, 3.05) is 37.4 Å². The molecule has 1 N–H and O–H groups in total. The molecule has 6 rings (SSSR count). The molecule has 3 aromatic rings. The molecule has 0 amide bonds. The van der Waals surface area contributed by atoms with Crippen LogP contribution in [0, 0.1) is 29.6 Å². The van der Waals surface area contributed by atoms with Gasteiger partial charge in [0.1, 0.15) is 5.52 Å². The molecule has 3 fully saturated rings. The third-order valence-electron chi connectivity index (χ3n) is 7.98. The van der Waals surface area contributed by atoms with Gasteiger partial charge in [-0.15, -0.1) is 0 Å². The Labute approximate surface area is 199 Å². The number of pyridine rings is 1. The zero-order valence-electron chi connectivity index (χ0n) is 20.1. The van der Waals surface area contributed by atoms with Crippen molar-refractivity contribution >= 4 is 28.4 Å². The van der Waals surface area contributed by atoms with Gasteiger partial charge in [0.2, 0.25) is 5.95 Å². The minimum absolute atomic E-state index is 0.232. The molecule has 9 nitrogen and oxygen atoms in total.